The van der Waals surface area contributed by atoms with Crippen molar-refractivity contribution in [1.82, 2.24) is 28.9 Å². The molecule has 27 nitrogen and oxygen atoms in total. The third kappa shape index (κ3) is 23.8. The molecule has 9 aliphatic heterocycles. The predicted molar refractivity (Wildman–Crippen MR) is 576 cm³/mol. The van der Waals surface area contributed by atoms with Crippen LogP contribution in [0.1, 0.15) is 246 Å². The van der Waals surface area contributed by atoms with Crippen molar-refractivity contribution >= 4 is 99.7 Å². The highest BCUT2D eigenvalue weighted by atomic mass is 35.5. The molecule has 804 valence electrons. The summed E-state index contributed by atoms with van der Waals surface area (Å²) in [7, 11) is 0.783. The highest BCUT2D eigenvalue weighted by Gasteiger charge is 2.53. The number of amides is 3. The van der Waals surface area contributed by atoms with Gasteiger partial charge in [0.1, 0.15) is 17.2 Å². The van der Waals surface area contributed by atoms with E-state index in [1.807, 2.05) is 75.4 Å². The standard InChI is InChI=1S/3C38H52ClN3O6S/c1-24-7-11-32(37-46-19-30(20-47-37)41(3)4)31-12-8-28(31)18-42-22-38(15-5-6-26-16-29(39)10-13-33(26)38)23-48-35-14-9-27(17-34(35)42)36(43)40-49(44,45)21-25(24)2;2*1-4-30-9-5-6-10-32(37-46-21-29(22-47-37)41(2)3)31-14-11-27(31)20-42-23-38(17-7-8-25-18-28(39)13-15-33(25)38)24-48-35-16-12-26(19-34(35)42)36(43)40-49(30,44)45/h9-10,13-14,16-17,24-25,28,30-32,37H,5-8,11-12,15,18-23H2,1-4H3,(H,40,43);2*12-13,15-16,18-19,27,29-32,37H,4-11,14,17,20-24H2,1-3H3,(H,40,43)/t24-,25+,28+,30?,31-,32+,37?,38+;27-,29?,30+,31+,32+,37?,38-;27-,29?,30+,31+,32-,37?,38-/m100/s1. The van der Waals surface area contributed by atoms with Gasteiger partial charge >= 0.3 is 0 Å². The zero-order valence-corrected chi connectivity index (χ0v) is 92.4. The lowest BCUT2D eigenvalue weighted by Crippen LogP contribution is -2.52. The van der Waals surface area contributed by atoms with Gasteiger partial charge in [0.2, 0.25) is 30.1 Å². The van der Waals surface area contributed by atoms with Crippen LogP contribution in [0.25, 0.3) is 0 Å². The predicted octanol–water partition coefficient (Wildman–Crippen LogP) is 18.2. The van der Waals surface area contributed by atoms with Gasteiger partial charge in [-0.15, -0.1) is 0 Å². The van der Waals surface area contributed by atoms with E-state index in [1.165, 1.54) is 33.4 Å². The van der Waals surface area contributed by atoms with Gasteiger partial charge in [-0.1, -0.05) is 106 Å². The summed E-state index contributed by atoms with van der Waals surface area (Å²) in [6, 6.07) is 35.7. The van der Waals surface area contributed by atoms with Crippen LogP contribution >= 0.6 is 34.8 Å². The molecular formula is C114H156Cl3N9O18S3. The van der Waals surface area contributed by atoms with Gasteiger partial charge in [0.15, 0.2) is 18.9 Å². The Bertz CT molecular complexity index is 5800. The summed E-state index contributed by atoms with van der Waals surface area (Å²) in [5.41, 5.74) is 10.5. The third-order valence-corrected chi connectivity index (χ3v) is 42.8. The number of carbonyl (C=O) groups excluding carboxylic acids is 3. The monoisotopic (exact) mass is 2140 g/mol. The van der Waals surface area contributed by atoms with Crippen LogP contribution in [0, 0.1) is 65.1 Å². The molecule has 6 fully saturated rings. The average Bonchev–Trinajstić information content (AvgIpc) is 1.66. The van der Waals surface area contributed by atoms with E-state index in [0.717, 1.165) is 236 Å². The summed E-state index contributed by atoms with van der Waals surface area (Å²) in [4.78, 5) is 54.4. The largest absolute Gasteiger partial charge is 0.490 e. The summed E-state index contributed by atoms with van der Waals surface area (Å²) < 4.78 is 147. The van der Waals surface area contributed by atoms with Crippen molar-refractivity contribution in [3.63, 3.8) is 0 Å². The Morgan fingerprint density at radius 2 is 0.667 bits per heavy atom. The number of carbonyl (C=O) groups is 3. The fourth-order valence-corrected chi connectivity index (χ4v) is 32.3. The van der Waals surface area contributed by atoms with Gasteiger partial charge in [-0.05, 0) is 362 Å². The summed E-state index contributed by atoms with van der Waals surface area (Å²) in [6.07, 6.45) is 23.8. The van der Waals surface area contributed by atoms with E-state index in [-0.39, 0.29) is 88.6 Å². The maximum Gasteiger partial charge on any atom is 0.264 e. The number of hydrogen-bond acceptors (Lipinski definition) is 24. The van der Waals surface area contributed by atoms with E-state index in [4.69, 9.17) is 77.4 Å². The molecule has 3 spiro atoms. The number of fused-ring (bicyclic) bond motifs is 12. The normalized spacial score (nSPS) is 33.9. The van der Waals surface area contributed by atoms with Gasteiger partial charge in [0.05, 0.1) is 111 Å². The Hall–Kier alpha value is -7.11. The number of nitrogens with one attached hydrogen (secondary N) is 3. The number of aryl methyl sites for hydroxylation is 3. The van der Waals surface area contributed by atoms with Crippen molar-refractivity contribution in [2.45, 2.75) is 265 Å². The Morgan fingerprint density at radius 1 is 0.361 bits per heavy atom. The number of sulfonamides is 3. The molecule has 0 unspecified atom stereocenters. The number of likely N-dealkylation sites (N-methyl/N-ethyl adjacent to an activating group) is 3. The third-order valence-electron chi connectivity index (χ3n) is 36.8. The minimum atomic E-state index is -3.87. The molecule has 9 heterocycles. The highest BCUT2D eigenvalue weighted by molar-refractivity contribution is 7.91. The first-order valence-electron chi connectivity index (χ1n) is 54.8. The molecule has 6 bridgehead atoms. The molecule has 3 saturated heterocycles. The Balaban J connectivity index is 0.000000139. The number of ether oxygens (including phenoxy) is 9. The molecule has 3 amide bonds. The van der Waals surface area contributed by atoms with Crippen LogP contribution in [0.3, 0.4) is 0 Å². The van der Waals surface area contributed by atoms with Crippen molar-refractivity contribution in [3.8, 4) is 17.2 Å². The van der Waals surface area contributed by atoms with E-state index < -0.39 is 58.3 Å². The van der Waals surface area contributed by atoms with E-state index in [1.54, 1.807) is 18.2 Å². The van der Waals surface area contributed by atoms with E-state index >= 15 is 0 Å². The van der Waals surface area contributed by atoms with Crippen LogP contribution in [0.4, 0.5) is 17.1 Å². The second-order valence-corrected chi connectivity index (χ2v) is 53.6. The lowest BCUT2D eigenvalue weighted by Gasteiger charge is -2.49. The molecule has 21 rings (SSSR count). The van der Waals surface area contributed by atoms with Crippen LogP contribution in [0.5, 0.6) is 17.2 Å². The first-order chi connectivity index (χ1) is 70.5. The second-order valence-electron chi connectivity index (χ2n) is 46.6. The number of halogens is 3. The number of rotatable bonds is 8. The topological polar surface area (TPSA) is 292 Å². The van der Waals surface area contributed by atoms with Crippen LogP contribution in [-0.4, -0.2) is 252 Å². The second kappa shape index (κ2) is 45.9. The number of benzene rings is 6. The zero-order valence-electron chi connectivity index (χ0n) is 87.7. The Kier molecular flexibility index (Phi) is 33.8. The van der Waals surface area contributed by atoms with Gasteiger partial charge in [0.25, 0.3) is 17.7 Å². The van der Waals surface area contributed by atoms with E-state index in [9.17, 15) is 39.6 Å². The molecule has 6 aliphatic carbocycles. The number of hydrogen-bond donors (Lipinski definition) is 3. The van der Waals surface area contributed by atoms with Gasteiger partial charge in [-0.3, -0.25) is 14.4 Å². The van der Waals surface area contributed by atoms with Crippen LogP contribution in [0.15, 0.2) is 109 Å². The molecule has 33 heteroatoms. The number of nitrogens with zero attached hydrogens (tertiary/aromatic N) is 6. The lowest BCUT2D eigenvalue weighted by atomic mass is 9.64. The quantitative estimate of drug-likeness (QED) is 0.128. The molecule has 147 heavy (non-hydrogen) atoms. The molecule has 15 aliphatic rings. The molecule has 0 radical (unpaired) electrons. The zero-order chi connectivity index (χ0) is 103. The fraction of sp³-hybridized carbons (Fsp3) is 0.658. The van der Waals surface area contributed by atoms with Crippen molar-refractivity contribution < 1.29 is 82.3 Å². The molecular weight excluding hydrogens is 1990 g/mol. The molecule has 0 aromatic heterocycles. The minimum Gasteiger partial charge on any atom is -0.490 e. The Labute approximate surface area is 887 Å². The summed E-state index contributed by atoms with van der Waals surface area (Å²) in [6.45, 7) is 18.0. The lowest BCUT2D eigenvalue weighted by molar-refractivity contribution is -0.241. The van der Waals surface area contributed by atoms with Crippen LogP contribution < -0.4 is 43.1 Å². The molecule has 6 aromatic carbocycles. The van der Waals surface area contributed by atoms with Crippen molar-refractivity contribution in [2.24, 2.45) is 65.1 Å². The molecule has 6 aromatic rings. The van der Waals surface area contributed by atoms with Gasteiger partial charge in [0, 0.05) is 105 Å². The SMILES string of the molecule is CC[C@@H]1CCCC[C@@H](C2OCC(N(C)C)CO2)[C@@H]2CC[C@H]2CN2C[C@@]3(CCCc4cc(Cl)ccc43)COc3ccc(cc32)C(=O)NS1(=O)=O.CC[C@@H]1CCCC[C@H](C2OCC(N(C)C)CO2)[C@@H]2CC[C@H]2CN2C[C@@]3(CCCc4cc(Cl)ccc43)COc3ccc(cc32)C(=O)NS1(=O)=O.C[C@@H]1CC[C@H](C2OCC(N(C)C)CO2)[C@@H]2CC[C@H]2CN2C[C@@]3(CCCc4cc(Cl)ccc43)COc3ccc(cc32)C(=O)NS(=O)(=O)C[C@@H]1C. The van der Waals surface area contributed by atoms with Crippen molar-refractivity contribution in [1.29, 1.82) is 0 Å². The fourth-order valence-electron chi connectivity index (χ4n) is 27.3. The summed E-state index contributed by atoms with van der Waals surface area (Å²) in [5.74, 6) is 3.50. The Morgan fingerprint density at radius 3 is 0.973 bits per heavy atom. The average molecular weight is 2140 g/mol. The van der Waals surface area contributed by atoms with Crippen molar-refractivity contribution in [2.75, 3.05) is 161 Å². The van der Waals surface area contributed by atoms with E-state index in [2.05, 4.69) is 129 Å². The summed E-state index contributed by atoms with van der Waals surface area (Å²) in [5, 5.41) is 0.981. The van der Waals surface area contributed by atoms with Gasteiger partial charge in [-0.2, -0.15) is 0 Å². The first-order valence-corrected chi connectivity index (χ1v) is 60.7. The maximum atomic E-state index is 13.6. The minimum absolute atomic E-state index is 0.107. The maximum absolute atomic E-state index is 13.6. The van der Waals surface area contributed by atoms with Crippen molar-refractivity contribution in [3.05, 3.63) is 174 Å². The highest BCUT2D eigenvalue weighted by Crippen LogP contribution is 2.56. The van der Waals surface area contributed by atoms with Gasteiger partial charge < -0.3 is 72.0 Å². The van der Waals surface area contributed by atoms with Crippen LogP contribution in [0.2, 0.25) is 15.1 Å². The van der Waals surface area contributed by atoms with E-state index in [0.29, 0.717) is 137 Å². The van der Waals surface area contributed by atoms with Crippen LogP contribution in [-0.2, 0) is 94.0 Å². The first kappa shape index (κ1) is 108. The molecule has 3 saturated carbocycles. The molecule has 16 atom stereocenters. The molecule has 3 N–H and O–H groups in total. The smallest absolute Gasteiger partial charge is 0.264 e. The van der Waals surface area contributed by atoms with Gasteiger partial charge in [-0.25, -0.2) is 39.4 Å². The number of anilines is 3. The summed E-state index contributed by atoms with van der Waals surface area (Å²) >= 11 is 19.4.